The molecule has 1 amide bonds. The topological polar surface area (TPSA) is 80.9 Å². The number of hydrogen-bond donors (Lipinski definition) is 2. The summed E-state index contributed by atoms with van der Waals surface area (Å²) in [6.07, 6.45) is 3.57. The highest BCUT2D eigenvalue weighted by atomic mass is 32.2. The van der Waals surface area contributed by atoms with Crippen LogP contribution in [0.5, 0.6) is 0 Å². The van der Waals surface area contributed by atoms with Crippen LogP contribution in [0.25, 0.3) is 0 Å². The molecule has 5 nitrogen and oxygen atoms in total. The Morgan fingerprint density at radius 1 is 1.21 bits per heavy atom. The van der Waals surface area contributed by atoms with E-state index in [2.05, 4.69) is 15.4 Å². The molecule has 6 heteroatoms. The monoisotopic (exact) mass is 274 g/mol. The summed E-state index contributed by atoms with van der Waals surface area (Å²) in [6, 6.07) is 9.77. The highest BCUT2D eigenvalue weighted by Gasteiger charge is 2.02. The van der Waals surface area contributed by atoms with E-state index in [-0.39, 0.29) is 5.91 Å². The lowest BCUT2D eigenvalue weighted by Gasteiger charge is -2.03. The lowest BCUT2D eigenvalue weighted by Crippen LogP contribution is -2.31. The summed E-state index contributed by atoms with van der Waals surface area (Å²) in [7, 11) is 0. The zero-order valence-electron chi connectivity index (χ0n) is 10.2. The Hall–Kier alpha value is -1.92. The van der Waals surface area contributed by atoms with Crippen molar-refractivity contribution >= 4 is 17.7 Å². The number of hydrazine groups is 1. The molecule has 0 aliphatic heterocycles. The first-order valence-electron chi connectivity index (χ1n) is 5.74. The van der Waals surface area contributed by atoms with Crippen LogP contribution in [-0.2, 0) is 17.0 Å². The predicted molar refractivity (Wildman–Crippen MR) is 74.1 cm³/mol. The molecule has 1 aromatic carbocycles. The van der Waals surface area contributed by atoms with Crippen molar-refractivity contribution in [2.24, 2.45) is 5.84 Å². The van der Waals surface area contributed by atoms with Gasteiger partial charge in [0.2, 0.25) is 5.91 Å². The third kappa shape index (κ3) is 4.35. The van der Waals surface area contributed by atoms with Crippen molar-refractivity contribution in [3.63, 3.8) is 0 Å². The number of benzene rings is 1. The first kappa shape index (κ1) is 13.5. The van der Waals surface area contributed by atoms with E-state index in [1.54, 1.807) is 18.0 Å². The van der Waals surface area contributed by atoms with Gasteiger partial charge in [0.05, 0.1) is 11.4 Å². The number of carbonyl (C=O) groups excluding carboxylic acids is 1. The number of nitrogens with one attached hydrogen (secondary N) is 1. The van der Waals surface area contributed by atoms with E-state index in [0.29, 0.717) is 6.42 Å². The van der Waals surface area contributed by atoms with Crippen LogP contribution in [0.15, 0.2) is 47.9 Å². The Morgan fingerprint density at radius 3 is 2.58 bits per heavy atom. The van der Waals surface area contributed by atoms with Gasteiger partial charge in [0.15, 0.2) is 0 Å². The van der Waals surface area contributed by atoms with Crippen LogP contribution in [0.4, 0.5) is 0 Å². The summed E-state index contributed by atoms with van der Waals surface area (Å²) in [6.45, 7) is 0. The van der Waals surface area contributed by atoms with Gasteiger partial charge in [-0.3, -0.25) is 10.2 Å². The number of nitrogens with zero attached hydrogens (tertiary/aromatic N) is 2. The van der Waals surface area contributed by atoms with Crippen LogP contribution in [0, 0.1) is 0 Å². The Bertz CT molecular complexity index is 530. The number of carbonyl (C=O) groups is 1. The summed E-state index contributed by atoms with van der Waals surface area (Å²) in [5, 5.41) is 0.946. The summed E-state index contributed by atoms with van der Waals surface area (Å²) in [5.41, 5.74) is 4.24. The summed E-state index contributed by atoms with van der Waals surface area (Å²) >= 11 is 1.65. The largest absolute Gasteiger partial charge is 0.294 e. The molecule has 0 spiro atoms. The maximum Gasteiger partial charge on any atom is 0.238 e. The molecule has 1 aromatic heterocycles. The van der Waals surface area contributed by atoms with E-state index < -0.39 is 0 Å². The van der Waals surface area contributed by atoms with E-state index in [4.69, 9.17) is 5.84 Å². The third-order valence-corrected chi connectivity index (χ3v) is 3.51. The molecule has 0 saturated carbocycles. The molecular weight excluding hydrogens is 260 g/mol. The fourth-order valence-electron chi connectivity index (χ4n) is 1.51. The van der Waals surface area contributed by atoms with Crippen LogP contribution >= 0.6 is 11.8 Å². The number of nitrogens with two attached hydrogens (primary N) is 1. The Labute approximate surface area is 115 Å². The Balaban J connectivity index is 1.90. The van der Waals surface area contributed by atoms with Gasteiger partial charge in [0.25, 0.3) is 0 Å². The van der Waals surface area contributed by atoms with Crippen LogP contribution in [-0.4, -0.2) is 15.9 Å². The van der Waals surface area contributed by atoms with Crippen molar-refractivity contribution in [2.45, 2.75) is 17.2 Å². The van der Waals surface area contributed by atoms with E-state index in [1.165, 1.54) is 11.9 Å². The fourth-order valence-corrected chi connectivity index (χ4v) is 2.30. The quantitative estimate of drug-likeness (QED) is 0.282. The van der Waals surface area contributed by atoms with Crippen molar-refractivity contribution in [3.8, 4) is 0 Å². The normalized spacial score (nSPS) is 10.2. The SMILES string of the molecule is NNC(=O)Cc1ccc(CSc2ccncn2)cc1. The van der Waals surface area contributed by atoms with Crippen molar-refractivity contribution in [1.29, 1.82) is 0 Å². The van der Waals surface area contributed by atoms with E-state index in [1.807, 2.05) is 30.3 Å². The van der Waals surface area contributed by atoms with Crippen molar-refractivity contribution < 1.29 is 4.79 Å². The molecule has 0 aliphatic carbocycles. The molecule has 2 aromatic rings. The second-order valence-electron chi connectivity index (χ2n) is 3.90. The first-order chi connectivity index (χ1) is 9.28. The van der Waals surface area contributed by atoms with Gasteiger partial charge >= 0.3 is 0 Å². The minimum Gasteiger partial charge on any atom is -0.294 e. The van der Waals surface area contributed by atoms with Gasteiger partial charge in [0.1, 0.15) is 6.33 Å². The molecule has 0 atom stereocenters. The fraction of sp³-hybridized carbons (Fsp3) is 0.154. The zero-order valence-corrected chi connectivity index (χ0v) is 11.1. The van der Waals surface area contributed by atoms with Crippen LogP contribution < -0.4 is 11.3 Å². The second-order valence-corrected chi connectivity index (χ2v) is 4.89. The van der Waals surface area contributed by atoms with Gasteiger partial charge in [-0.1, -0.05) is 24.3 Å². The smallest absolute Gasteiger partial charge is 0.238 e. The van der Waals surface area contributed by atoms with Crippen molar-refractivity contribution in [2.75, 3.05) is 0 Å². The molecule has 1 heterocycles. The zero-order chi connectivity index (χ0) is 13.5. The molecule has 98 valence electrons. The van der Waals surface area contributed by atoms with Crippen LogP contribution in [0.3, 0.4) is 0 Å². The molecule has 0 bridgehead atoms. The molecule has 0 fully saturated rings. The van der Waals surface area contributed by atoms with Gasteiger partial charge < -0.3 is 0 Å². The predicted octanol–water partition coefficient (Wildman–Crippen LogP) is 1.30. The summed E-state index contributed by atoms with van der Waals surface area (Å²) in [5.74, 6) is 5.69. The summed E-state index contributed by atoms with van der Waals surface area (Å²) < 4.78 is 0. The molecule has 0 saturated heterocycles. The van der Waals surface area contributed by atoms with Crippen molar-refractivity contribution in [1.82, 2.24) is 15.4 Å². The van der Waals surface area contributed by atoms with E-state index in [0.717, 1.165) is 16.3 Å². The number of thioether (sulfide) groups is 1. The molecule has 0 radical (unpaired) electrons. The lowest BCUT2D eigenvalue weighted by molar-refractivity contribution is -0.120. The Kier molecular flexibility index (Phi) is 4.88. The van der Waals surface area contributed by atoms with Crippen molar-refractivity contribution in [3.05, 3.63) is 54.0 Å². The van der Waals surface area contributed by atoms with Crippen LogP contribution in [0.1, 0.15) is 11.1 Å². The Morgan fingerprint density at radius 2 is 1.95 bits per heavy atom. The lowest BCUT2D eigenvalue weighted by atomic mass is 10.1. The highest BCUT2D eigenvalue weighted by molar-refractivity contribution is 7.98. The van der Waals surface area contributed by atoms with Gasteiger partial charge in [0, 0.05) is 11.9 Å². The van der Waals surface area contributed by atoms with Gasteiger partial charge in [-0.25, -0.2) is 15.8 Å². The number of rotatable bonds is 5. The maximum absolute atomic E-state index is 11.1. The van der Waals surface area contributed by atoms with E-state index in [9.17, 15) is 4.79 Å². The minimum atomic E-state index is -0.192. The maximum atomic E-state index is 11.1. The molecule has 2 rings (SSSR count). The highest BCUT2D eigenvalue weighted by Crippen LogP contribution is 2.20. The summed E-state index contributed by atoms with van der Waals surface area (Å²) in [4.78, 5) is 19.1. The number of hydrogen-bond acceptors (Lipinski definition) is 5. The third-order valence-electron chi connectivity index (χ3n) is 2.49. The number of aromatic nitrogens is 2. The molecule has 19 heavy (non-hydrogen) atoms. The van der Waals surface area contributed by atoms with Gasteiger partial charge in [-0.2, -0.15) is 0 Å². The average Bonchev–Trinajstić information content (AvgIpc) is 2.47. The number of amides is 1. The van der Waals surface area contributed by atoms with Gasteiger partial charge in [-0.05, 0) is 17.2 Å². The average molecular weight is 274 g/mol. The minimum absolute atomic E-state index is 0.192. The van der Waals surface area contributed by atoms with E-state index >= 15 is 0 Å². The molecule has 0 aliphatic rings. The molecule has 0 unspecified atom stereocenters. The van der Waals surface area contributed by atoms with Gasteiger partial charge in [-0.15, -0.1) is 11.8 Å². The second kappa shape index (κ2) is 6.86. The van der Waals surface area contributed by atoms with Crippen LogP contribution in [0.2, 0.25) is 0 Å². The molecular formula is C13H14N4OS. The first-order valence-corrected chi connectivity index (χ1v) is 6.72. The molecule has 3 N–H and O–H groups in total. The standard InChI is InChI=1S/C13H14N4OS/c14-17-12(18)7-10-1-3-11(4-2-10)8-19-13-5-6-15-9-16-13/h1-6,9H,7-8,14H2,(H,17,18).